The van der Waals surface area contributed by atoms with Gasteiger partial charge in [-0.25, -0.2) is 0 Å². The van der Waals surface area contributed by atoms with E-state index in [0.29, 0.717) is 5.84 Å². The highest BCUT2D eigenvalue weighted by Crippen LogP contribution is 2.04. The van der Waals surface area contributed by atoms with E-state index in [2.05, 4.69) is 24.8 Å². The molecule has 0 saturated heterocycles. The number of nitrogens with two attached hydrogens (primary N) is 1. The summed E-state index contributed by atoms with van der Waals surface area (Å²) >= 11 is 0. The minimum absolute atomic E-state index is 0.438. The van der Waals surface area contributed by atoms with Gasteiger partial charge in [-0.3, -0.25) is 0 Å². The maximum absolute atomic E-state index is 5.75. The standard InChI is InChI=1S/C10H16N2OSi/c1-14(2,3)13-12-10(11)9-7-5-4-6-8-9/h4-8H,1-3H3,(H2,11,12). The summed E-state index contributed by atoms with van der Waals surface area (Å²) in [4.78, 5) is 0. The minimum Gasteiger partial charge on any atom is -0.454 e. The Balaban J connectivity index is 2.71. The lowest BCUT2D eigenvalue weighted by molar-refractivity contribution is 0.335. The van der Waals surface area contributed by atoms with Crippen LogP contribution in [0.2, 0.25) is 19.6 Å². The van der Waals surface area contributed by atoms with Gasteiger partial charge in [0.15, 0.2) is 5.84 Å². The quantitative estimate of drug-likeness (QED) is 0.358. The van der Waals surface area contributed by atoms with Gasteiger partial charge in [0.05, 0.1) is 0 Å². The van der Waals surface area contributed by atoms with Gasteiger partial charge in [0.25, 0.3) is 8.32 Å². The van der Waals surface area contributed by atoms with E-state index < -0.39 is 8.32 Å². The second kappa shape index (κ2) is 4.28. The van der Waals surface area contributed by atoms with Crippen molar-refractivity contribution in [2.75, 3.05) is 0 Å². The second-order valence-corrected chi connectivity index (χ2v) is 8.45. The summed E-state index contributed by atoms with van der Waals surface area (Å²) in [6, 6.07) is 9.60. The Morgan fingerprint density at radius 2 is 1.79 bits per heavy atom. The van der Waals surface area contributed by atoms with Crippen molar-refractivity contribution < 1.29 is 4.53 Å². The van der Waals surface area contributed by atoms with E-state index in [1.807, 2.05) is 30.3 Å². The fourth-order valence-electron chi connectivity index (χ4n) is 0.848. The van der Waals surface area contributed by atoms with Crippen LogP contribution < -0.4 is 5.73 Å². The molecule has 3 nitrogen and oxygen atoms in total. The van der Waals surface area contributed by atoms with E-state index in [1.54, 1.807) is 0 Å². The molecule has 1 aromatic carbocycles. The molecule has 1 aromatic rings. The molecular weight excluding hydrogens is 192 g/mol. The SMILES string of the molecule is C[Si](C)(C)ON=C(N)c1ccccc1. The molecule has 2 N–H and O–H groups in total. The van der Waals surface area contributed by atoms with Gasteiger partial charge in [0.2, 0.25) is 0 Å². The van der Waals surface area contributed by atoms with Crippen molar-refractivity contribution in [1.29, 1.82) is 0 Å². The molecule has 0 heterocycles. The molecule has 14 heavy (non-hydrogen) atoms. The van der Waals surface area contributed by atoms with Crippen LogP contribution in [0.4, 0.5) is 0 Å². The first-order valence-corrected chi connectivity index (χ1v) is 7.97. The fourth-order valence-corrected chi connectivity index (χ4v) is 1.22. The highest BCUT2D eigenvalue weighted by Gasteiger charge is 2.16. The summed E-state index contributed by atoms with van der Waals surface area (Å²) in [5.41, 5.74) is 6.64. The molecule has 0 aliphatic carbocycles. The molecule has 0 saturated carbocycles. The van der Waals surface area contributed by atoms with E-state index >= 15 is 0 Å². The second-order valence-electron chi connectivity index (χ2n) is 4.05. The van der Waals surface area contributed by atoms with E-state index in [4.69, 9.17) is 10.3 Å². The van der Waals surface area contributed by atoms with Gasteiger partial charge in [0, 0.05) is 5.56 Å². The first kappa shape index (κ1) is 10.8. The van der Waals surface area contributed by atoms with Gasteiger partial charge >= 0.3 is 0 Å². The first-order chi connectivity index (χ1) is 6.49. The molecule has 1 rings (SSSR count). The third-order valence-corrected chi connectivity index (χ3v) is 2.13. The number of hydrogen-bond acceptors (Lipinski definition) is 2. The predicted molar refractivity (Wildman–Crippen MR) is 61.6 cm³/mol. The minimum atomic E-state index is -1.62. The first-order valence-electron chi connectivity index (χ1n) is 4.56. The Bertz CT molecular complexity index is 317. The Kier molecular flexibility index (Phi) is 3.30. The average Bonchev–Trinajstić information content (AvgIpc) is 2.14. The van der Waals surface area contributed by atoms with Crippen LogP contribution in [-0.4, -0.2) is 14.2 Å². The van der Waals surface area contributed by atoms with Crippen LogP contribution >= 0.6 is 0 Å². The third kappa shape index (κ3) is 3.61. The van der Waals surface area contributed by atoms with E-state index in [9.17, 15) is 0 Å². The lowest BCUT2D eigenvalue weighted by atomic mass is 10.2. The van der Waals surface area contributed by atoms with E-state index in [-0.39, 0.29) is 0 Å². The monoisotopic (exact) mass is 208 g/mol. The maximum atomic E-state index is 5.75. The summed E-state index contributed by atoms with van der Waals surface area (Å²) in [5, 5.41) is 3.92. The number of benzene rings is 1. The van der Waals surface area contributed by atoms with Gasteiger partial charge in [-0.15, -0.1) is 0 Å². The van der Waals surface area contributed by atoms with Crippen molar-refractivity contribution in [3.8, 4) is 0 Å². The molecule has 0 aliphatic heterocycles. The lowest BCUT2D eigenvalue weighted by Crippen LogP contribution is -2.25. The lowest BCUT2D eigenvalue weighted by Gasteiger charge is -2.13. The topological polar surface area (TPSA) is 47.6 Å². The Morgan fingerprint density at radius 1 is 1.21 bits per heavy atom. The zero-order valence-electron chi connectivity index (χ0n) is 8.82. The molecule has 0 spiro atoms. The van der Waals surface area contributed by atoms with Gasteiger partial charge in [-0.2, -0.15) is 0 Å². The molecule has 0 fully saturated rings. The molecule has 0 amide bonds. The largest absolute Gasteiger partial charge is 0.454 e. The van der Waals surface area contributed by atoms with E-state index in [1.165, 1.54) is 0 Å². The van der Waals surface area contributed by atoms with Crippen molar-refractivity contribution in [3.05, 3.63) is 35.9 Å². The molecular formula is C10H16N2OSi. The molecule has 0 radical (unpaired) electrons. The van der Waals surface area contributed by atoms with Gasteiger partial charge in [-0.1, -0.05) is 35.5 Å². The number of nitrogens with zero attached hydrogens (tertiary/aromatic N) is 1. The summed E-state index contributed by atoms with van der Waals surface area (Å²) < 4.78 is 5.35. The van der Waals surface area contributed by atoms with Crippen molar-refractivity contribution in [1.82, 2.24) is 0 Å². The van der Waals surface area contributed by atoms with Crippen LogP contribution in [0.25, 0.3) is 0 Å². The smallest absolute Gasteiger partial charge is 0.278 e. The highest BCUT2D eigenvalue weighted by molar-refractivity contribution is 6.69. The fraction of sp³-hybridized carbons (Fsp3) is 0.300. The average molecular weight is 208 g/mol. The highest BCUT2D eigenvalue weighted by atomic mass is 28.4. The zero-order valence-corrected chi connectivity index (χ0v) is 9.82. The van der Waals surface area contributed by atoms with Gasteiger partial charge < -0.3 is 10.3 Å². The maximum Gasteiger partial charge on any atom is 0.278 e. The number of hydrogen-bond donors (Lipinski definition) is 1. The molecule has 4 heteroatoms. The Hall–Kier alpha value is -1.29. The summed E-state index contributed by atoms with van der Waals surface area (Å²) in [5.74, 6) is 0.438. The van der Waals surface area contributed by atoms with Crippen LogP contribution in [0, 0.1) is 0 Å². The molecule has 0 aromatic heterocycles. The van der Waals surface area contributed by atoms with Crippen LogP contribution in [0.3, 0.4) is 0 Å². The molecule has 0 bridgehead atoms. The van der Waals surface area contributed by atoms with E-state index in [0.717, 1.165) is 5.56 Å². The molecule has 76 valence electrons. The van der Waals surface area contributed by atoms with Crippen molar-refractivity contribution >= 4 is 14.2 Å². The zero-order chi connectivity index (χ0) is 10.6. The molecule has 0 aliphatic rings. The van der Waals surface area contributed by atoms with Crippen LogP contribution in [-0.2, 0) is 4.53 Å². The predicted octanol–water partition coefficient (Wildman–Crippen LogP) is 2.16. The normalized spacial score (nSPS) is 12.6. The Labute approximate surface area is 85.7 Å². The summed E-state index contributed by atoms with van der Waals surface area (Å²) in [6.45, 7) is 6.19. The number of rotatable bonds is 3. The summed E-state index contributed by atoms with van der Waals surface area (Å²) in [7, 11) is -1.62. The van der Waals surface area contributed by atoms with Crippen molar-refractivity contribution in [2.24, 2.45) is 10.9 Å². The summed E-state index contributed by atoms with van der Waals surface area (Å²) in [6.07, 6.45) is 0. The third-order valence-electron chi connectivity index (χ3n) is 1.49. The number of amidine groups is 1. The Morgan fingerprint density at radius 3 is 2.29 bits per heavy atom. The van der Waals surface area contributed by atoms with Crippen molar-refractivity contribution in [2.45, 2.75) is 19.6 Å². The van der Waals surface area contributed by atoms with Gasteiger partial charge in [-0.05, 0) is 19.6 Å². The van der Waals surface area contributed by atoms with Gasteiger partial charge in [0.1, 0.15) is 0 Å². The van der Waals surface area contributed by atoms with Crippen LogP contribution in [0.5, 0.6) is 0 Å². The number of oxime groups is 1. The van der Waals surface area contributed by atoms with Crippen LogP contribution in [0.1, 0.15) is 5.56 Å². The molecule has 0 atom stereocenters. The molecule has 0 unspecified atom stereocenters. The van der Waals surface area contributed by atoms with Crippen LogP contribution in [0.15, 0.2) is 35.5 Å². The van der Waals surface area contributed by atoms with Crippen molar-refractivity contribution in [3.63, 3.8) is 0 Å².